The molecule has 8 aromatic carbocycles. The summed E-state index contributed by atoms with van der Waals surface area (Å²) in [4.78, 5) is 19.9. The van der Waals surface area contributed by atoms with Crippen LogP contribution in [0.5, 0.6) is 0 Å². The van der Waals surface area contributed by atoms with E-state index < -0.39 is 0 Å². The zero-order valence-corrected chi connectivity index (χ0v) is 84.7. The van der Waals surface area contributed by atoms with Gasteiger partial charge in [0.1, 0.15) is 22.1 Å². The summed E-state index contributed by atoms with van der Waals surface area (Å²) >= 11 is 0. The first-order valence-corrected chi connectivity index (χ1v) is 55.5. The molecule has 12 nitrogen and oxygen atoms in total. The fourth-order valence-electron chi connectivity index (χ4n) is 29.7. The molecule has 12 aromatic heterocycles. The Balaban J connectivity index is 0.0000000985. The maximum atomic E-state index is 5.08. The highest BCUT2D eigenvalue weighted by Gasteiger charge is 2.39. The van der Waals surface area contributed by atoms with Crippen molar-refractivity contribution in [3.8, 4) is 0 Å². The number of aromatic nitrogens is 12. The molecular formula is C128H144N12+4. The molecule has 0 bridgehead atoms. The number of benzene rings is 8. The lowest BCUT2D eigenvalue weighted by molar-refractivity contribution is -0.617. The van der Waals surface area contributed by atoms with Gasteiger partial charge in [-0.3, -0.25) is 19.9 Å². The number of imidazole rings is 4. The van der Waals surface area contributed by atoms with Crippen molar-refractivity contribution in [2.45, 2.75) is 332 Å². The van der Waals surface area contributed by atoms with Crippen LogP contribution in [0.25, 0.3) is 154 Å². The maximum absolute atomic E-state index is 5.08. The van der Waals surface area contributed by atoms with E-state index in [0.29, 0.717) is 29.6 Å². The smallest absolute Gasteiger partial charge is 0.255 e. The highest BCUT2D eigenvalue weighted by atomic mass is 15.1. The Bertz CT molecular complexity index is 8210. The zero-order valence-electron chi connectivity index (χ0n) is 84.7. The predicted octanol–water partition coefficient (Wildman–Crippen LogP) is 32.1. The van der Waals surface area contributed by atoms with Crippen LogP contribution in [0, 0.1) is 27.7 Å². The number of nitrogens with zero attached hydrogens (tertiary/aromatic N) is 12. The molecule has 0 spiro atoms. The van der Waals surface area contributed by atoms with Crippen LogP contribution in [0.2, 0.25) is 0 Å². The van der Waals surface area contributed by atoms with Gasteiger partial charge in [0.15, 0.2) is 44.1 Å². The Morgan fingerprint density at radius 2 is 0.564 bits per heavy atom. The van der Waals surface area contributed by atoms with Gasteiger partial charge in [-0.05, 0) is 331 Å². The van der Waals surface area contributed by atoms with Gasteiger partial charge in [-0.25, -0.2) is 18.3 Å². The van der Waals surface area contributed by atoms with E-state index in [9.17, 15) is 0 Å². The number of aryl methyl sites for hydroxylation is 8. The Kier molecular flexibility index (Phi) is 24.1. The van der Waals surface area contributed by atoms with Crippen LogP contribution in [-0.4, -0.2) is 37.5 Å². The van der Waals surface area contributed by atoms with E-state index in [4.69, 9.17) is 19.9 Å². The maximum Gasteiger partial charge on any atom is 0.297 e. The summed E-state index contributed by atoms with van der Waals surface area (Å²) in [6, 6.07) is 65.1. The minimum absolute atomic E-state index is 0.641. The molecule has 0 amide bonds. The van der Waals surface area contributed by atoms with Gasteiger partial charge in [-0.15, -0.1) is 0 Å². The van der Waals surface area contributed by atoms with E-state index >= 15 is 0 Å². The minimum atomic E-state index is 0.641. The first-order chi connectivity index (χ1) is 68.9. The second-order valence-corrected chi connectivity index (χ2v) is 44.9. The van der Waals surface area contributed by atoms with Crippen molar-refractivity contribution in [2.75, 3.05) is 0 Å². The Morgan fingerprint density at radius 3 is 1.07 bits per heavy atom. The summed E-state index contributed by atoms with van der Waals surface area (Å²) in [5, 5.41) is 10.3. The lowest BCUT2D eigenvalue weighted by Crippen LogP contribution is -2.28. The van der Waals surface area contributed by atoms with E-state index in [2.05, 4.69) is 262 Å². The molecule has 0 saturated heterocycles. The van der Waals surface area contributed by atoms with E-state index in [0.717, 1.165) is 34.3 Å². The average molecular weight is 1850 g/mol. The van der Waals surface area contributed by atoms with Gasteiger partial charge in [-0.1, -0.05) is 221 Å². The van der Waals surface area contributed by atoms with Crippen molar-refractivity contribution >= 4 is 154 Å². The fourth-order valence-corrected chi connectivity index (χ4v) is 29.7. The Morgan fingerprint density at radius 1 is 0.221 bits per heavy atom. The van der Waals surface area contributed by atoms with Crippen molar-refractivity contribution in [1.82, 2.24) is 37.5 Å². The van der Waals surface area contributed by atoms with E-state index in [1.807, 2.05) is 24.8 Å². The molecule has 8 saturated carbocycles. The predicted molar refractivity (Wildman–Crippen MR) is 581 cm³/mol. The average Bonchev–Trinajstić information content (AvgIpc) is 1.53. The number of rotatable bonds is 8. The number of para-hydroxylation sites is 5. The van der Waals surface area contributed by atoms with Crippen LogP contribution in [0.1, 0.15) is 371 Å². The first-order valence-electron chi connectivity index (χ1n) is 55.5. The second kappa shape index (κ2) is 37.6. The third-order valence-corrected chi connectivity index (χ3v) is 36.7. The molecule has 712 valence electrons. The lowest BCUT2D eigenvalue weighted by atomic mass is 9.75. The normalized spacial score (nSPS) is 18.3. The highest BCUT2D eigenvalue weighted by Crippen LogP contribution is 2.51. The number of pyridine rings is 8. The largest absolute Gasteiger partial charge is 0.297 e. The first kappa shape index (κ1) is 89.6. The van der Waals surface area contributed by atoms with Gasteiger partial charge >= 0.3 is 0 Å². The molecule has 20 aromatic rings. The molecule has 0 radical (unpaired) electrons. The molecule has 0 aliphatic heterocycles. The quantitative estimate of drug-likeness (QED) is 0.112. The van der Waals surface area contributed by atoms with Gasteiger partial charge in [-0.2, -0.15) is 17.6 Å². The number of fused-ring (bicyclic) bond motifs is 32. The molecular weight excluding hydrogens is 1710 g/mol. The molecule has 8 aliphatic rings. The Labute approximate surface area is 825 Å². The third-order valence-electron chi connectivity index (χ3n) is 36.7. The lowest BCUT2D eigenvalue weighted by Gasteiger charge is -2.29. The van der Waals surface area contributed by atoms with Crippen LogP contribution < -0.4 is 18.3 Å². The van der Waals surface area contributed by atoms with Crippen molar-refractivity contribution in [3.63, 3.8) is 0 Å². The molecule has 28 rings (SSSR count). The third kappa shape index (κ3) is 15.2. The minimum Gasteiger partial charge on any atom is -0.255 e. The van der Waals surface area contributed by atoms with Gasteiger partial charge in [0, 0.05) is 63.0 Å². The Hall–Kier alpha value is -11.8. The molecule has 8 aliphatic carbocycles. The van der Waals surface area contributed by atoms with Gasteiger partial charge in [0.05, 0.1) is 71.8 Å². The van der Waals surface area contributed by atoms with Gasteiger partial charge in [0.2, 0.25) is 0 Å². The number of hydrogen-bond acceptors (Lipinski definition) is 4. The fraction of sp³-hybridized carbons (Fsp3) is 0.438. The van der Waals surface area contributed by atoms with E-state index in [1.165, 1.54) is 428 Å². The van der Waals surface area contributed by atoms with Crippen LogP contribution in [0.4, 0.5) is 0 Å². The highest BCUT2D eigenvalue weighted by molar-refractivity contribution is 6.16. The molecule has 0 atom stereocenters. The number of hydrogen-bond donors (Lipinski definition) is 0. The summed E-state index contributed by atoms with van der Waals surface area (Å²) < 4.78 is 20.1. The topological polar surface area (TPSA) is 84.7 Å². The van der Waals surface area contributed by atoms with Crippen LogP contribution in [0.15, 0.2) is 195 Å². The van der Waals surface area contributed by atoms with Gasteiger partial charge < -0.3 is 0 Å². The van der Waals surface area contributed by atoms with Gasteiger partial charge in [0.25, 0.3) is 22.6 Å². The van der Waals surface area contributed by atoms with Crippen molar-refractivity contribution in [1.29, 1.82) is 0 Å². The summed E-state index contributed by atoms with van der Waals surface area (Å²) in [5.41, 5.74) is 44.0. The second-order valence-electron chi connectivity index (χ2n) is 44.9. The standard InChI is InChI=1S/4C32H36N3/c1-21-17-18-33-30-26-20-24(22-11-5-3-6-12-22)19-25(23-13-7-4-8-14-23)31(26)35-28-16-10-9-15-27(28)34(2)32(35)29(21)30;1-21-17-18-33-31-24-15-9-10-16-27(24)35-29-20-26(23-13-7-4-8-14-23)25(22-11-5-3-6-12-22)19-28(29)34(2)32(35)30(21)31;1-21-19-20-33-30-25-15-9-10-16-26(25)35-31-27(34(2)32(35)28(21)30)18-17-24(22-11-5-3-6-12-22)29(31)23-13-7-4-8-14-23;1-21-18-19-33-30-26-15-9-14-25(23-12-7-4-8-13-23)31(26)35-28-20-24(22-10-5-3-6-11-22)16-17-27(28)34(2)32(35)29(21)30/h3*9-10,15-20,22-23H,3-8,11-14H2,1-2H3;9,14-20,22-23H,3-8,10-13H2,1-2H3/q4*+1. The van der Waals surface area contributed by atoms with Crippen molar-refractivity contribution < 1.29 is 18.3 Å². The molecule has 0 unspecified atom stereocenters. The molecule has 140 heavy (non-hydrogen) atoms. The van der Waals surface area contributed by atoms with Crippen molar-refractivity contribution in [3.05, 3.63) is 261 Å². The summed E-state index contributed by atoms with van der Waals surface area (Å²) in [6.07, 6.45) is 62.4. The van der Waals surface area contributed by atoms with Crippen LogP contribution >= 0.6 is 0 Å². The zero-order chi connectivity index (χ0) is 94.1. The molecule has 12 heterocycles. The van der Waals surface area contributed by atoms with Crippen LogP contribution in [0.3, 0.4) is 0 Å². The van der Waals surface area contributed by atoms with Crippen LogP contribution in [-0.2, 0) is 28.2 Å². The molecule has 12 heteroatoms. The summed E-state index contributed by atoms with van der Waals surface area (Å²) in [5.74, 6) is 5.53. The van der Waals surface area contributed by atoms with Crippen molar-refractivity contribution in [2.24, 2.45) is 28.2 Å². The summed E-state index contributed by atoms with van der Waals surface area (Å²) in [6.45, 7) is 8.97. The molecule has 0 N–H and O–H groups in total. The molecule has 8 fully saturated rings. The summed E-state index contributed by atoms with van der Waals surface area (Å²) in [7, 11) is 9.01. The monoisotopic (exact) mass is 1850 g/mol. The van der Waals surface area contributed by atoms with E-state index in [-0.39, 0.29) is 0 Å². The van der Waals surface area contributed by atoms with E-state index in [1.54, 1.807) is 33.4 Å². The SMILES string of the molecule is Cc1ccnc2c3cc(C4CCCCC4)cc(C4CCCCC4)c3n3c4ccccc4[n+](C)c3c12.Cc1ccnc2c3cccc(C4CCCCC4)c3n3c4cc(C5CCCCC5)ccc4[n+](C)c3c12.Cc1ccnc2c3ccccc3n3c4c(C5CCCCC5)c(C5CCCCC5)ccc4[n+](C)c3c12.Cc1ccnc2c3ccccc3n3c4cc(C5CCCCC5)c(C5CCCCC5)cc4[n+](C)c3c12.